The molecule has 2 saturated heterocycles. The molecular formula is C20H30ClN3O3S. The maximum atomic E-state index is 13.0. The van der Waals surface area contributed by atoms with E-state index in [2.05, 4.69) is 10.2 Å². The summed E-state index contributed by atoms with van der Waals surface area (Å²) in [7, 11) is -3.69. The second kappa shape index (κ2) is 10.1. The first-order chi connectivity index (χ1) is 13.5. The number of hydrogen-bond donors (Lipinski definition) is 1. The van der Waals surface area contributed by atoms with E-state index in [9.17, 15) is 13.2 Å². The van der Waals surface area contributed by atoms with Crippen molar-refractivity contribution in [3.63, 3.8) is 0 Å². The van der Waals surface area contributed by atoms with Gasteiger partial charge in [-0.2, -0.15) is 4.31 Å². The minimum atomic E-state index is -3.69. The fourth-order valence-electron chi connectivity index (χ4n) is 3.88. The summed E-state index contributed by atoms with van der Waals surface area (Å²) in [6.45, 7) is 4.85. The number of carbonyl (C=O) groups is 1. The van der Waals surface area contributed by atoms with Crippen molar-refractivity contribution in [2.45, 2.75) is 49.8 Å². The summed E-state index contributed by atoms with van der Waals surface area (Å²) in [6, 6.07) is 4.50. The highest BCUT2D eigenvalue weighted by molar-refractivity contribution is 7.89. The van der Waals surface area contributed by atoms with Gasteiger partial charge in [0.05, 0.1) is 5.02 Å². The van der Waals surface area contributed by atoms with Gasteiger partial charge >= 0.3 is 0 Å². The topological polar surface area (TPSA) is 69.7 Å². The number of rotatable bonds is 7. The quantitative estimate of drug-likeness (QED) is 0.679. The minimum Gasteiger partial charge on any atom is -0.352 e. The van der Waals surface area contributed by atoms with Crippen molar-refractivity contribution < 1.29 is 13.2 Å². The van der Waals surface area contributed by atoms with E-state index >= 15 is 0 Å². The number of nitrogens with one attached hydrogen (secondary N) is 1. The Morgan fingerprint density at radius 2 is 1.64 bits per heavy atom. The van der Waals surface area contributed by atoms with Gasteiger partial charge in [0.1, 0.15) is 4.90 Å². The van der Waals surface area contributed by atoms with E-state index in [-0.39, 0.29) is 15.8 Å². The van der Waals surface area contributed by atoms with Gasteiger partial charge in [0, 0.05) is 25.2 Å². The summed E-state index contributed by atoms with van der Waals surface area (Å²) in [5, 5.41) is 3.06. The molecule has 0 unspecified atom stereocenters. The van der Waals surface area contributed by atoms with Crippen molar-refractivity contribution in [1.29, 1.82) is 0 Å². The van der Waals surface area contributed by atoms with Gasteiger partial charge in [-0.3, -0.25) is 4.79 Å². The Morgan fingerprint density at radius 1 is 1.00 bits per heavy atom. The van der Waals surface area contributed by atoms with Crippen LogP contribution in [0.15, 0.2) is 23.1 Å². The van der Waals surface area contributed by atoms with Gasteiger partial charge < -0.3 is 10.2 Å². The standard InChI is InChI=1S/C20H30ClN3O3S/c21-18-9-8-17(20(25)22-10-7-13-23-11-5-6-12-23)16-19(18)28(26,27)24-14-3-1-2-4-15-24/h8-9,16H,1-7,10-15H2,(H,22,25). The maximum absolute atomic E-state index is 13.0. The lowest BCUT2D eigenvalue weighted by atomic mass is 10.2. The molecule has 28 heavy (non-hydrogen) atoms. The van der Waals surface area contributed by atoms with Gasteiger partial charge in [0.15, 0.2) is 0 Å². The first kappa shape index (κ1) is 21.6. The number of likely N-dealkylation sites (tertiary alicyclic amines) is 1. The molecule has 2 fully saturated rings. The van der Waals surface area contributed by atoms with E-state index in [1.165, 1.54) is 29.3 Å². The monoisotopic (exact) mass is 427 g/mol. The van der Waals surface area contributed by atoms with Crippen LogP contribution in [-0.4, -0.2) is 62.8 Å². The number of halogens is 1. The Hall–Kier alpha value is -1.15. The molecule has 1 aromatic carbocycles. The number of benzene rings is 1. The molecule has 0 spiro atoms. The Balaban J connectivity index is 1.63. The molecular weight excluding hydrogens is 398 g/mol. The zero-order valence-electron chi connectivity index (χ0n) is 16.3. The summed E-state index contributed by atoms with van der Waals surface area (Å²) < 4.78 is 27.6. The first-order valence-corrected chi connectivity index (χ1v) is 12.1. The second-order valence-corrected chi connectivity index (χ2v) is 9.94. The minimum absolute atomic E-state index is 0.0285. The maximum Gasteiger partial charge on any atom is 0.251 e. The van der Waals surface area contributed by atoms with E-state index in [4.69, 9.17) is 11.6 Å². The van der Waals surface area contributed by atoms with Crippen molar-refractivity contribution in [2.75, 3.05) is 39.3 Å². The fourth-order valence-corrected chi connectivity index (χ4v) is 5.89. The largest absolute Gasteiger partial charge is 0.352 e. The summed E-state index contributed by atoms with van der Waals surface area (Å²) in [6.07, 6.45) is 7.19. The highest BCUT2D eigenvalue weighted by Gasteiger charge is 2.28. The number of nitrogens with zero attached hydrogens (tertiary/aromatic N) is 2. The van der Waals surface area contributed by atoms with E-state index < -0.39 is 10.0 Å². The molecule has 6 nitrogen and oxygen atoms in total. The normalized spacial score (nSPS) is 19.5. The summed E-state index contributed by atoms with van der Waals surface area (Å²) in [4.78, 5) is 14.9. The molecule has 0 radical (unpaired) electrons. The molecule has 0 aromatic heterocycles. The van der Waals surface area contributed by atoms with Gasteiger partial charge in [-0.1, -0.05) is 24.4 Å². The number of amides is 1. The fraction of sp³-hybridized carbons (Fsp3) is 0.650. The second-order valence-electron chi connectivity index (χ2n) is 7.62. The van der Waals surface area contributed by atoms with E-state index in [1.54, 1.807) is 6.07 Å². The predicted molar refractivity (Wildman–Crippen MR) is 111 cm³/mol. The number of sulfonamides is 1. The molecule has 1 amide bonds. The van der Waals surface area contributed by atoms with Crippen LogP contribution in [0.2, 0.25) is 5.02 Å². The first-order valence-electron chi connectivity index (χ1n) is 10.3. The summed E-state index contributed by atoms with van der Waals surface area (Å²) in [5.74, 6) is -0.259. The molecule has 8 heteroatoms. The molecule has 2 aliphatic heterocycles. The molecule has 2 aliphatic rings. The van der Waals surface area contributed by atoms with E-state index in [1.807, 2.05) is 0 Å². The summed E-state index contributed by atoms with van der Waals surface area (Å²) >= 11 is 6.20. The third-order valence-corrected chi connectivity index (χ3v) is 7.89. The average Bonchev–Trinajstić information content (AvgIpc) is 3.04. The zero-order valence-corrected chi connectivity index (χ0v) is 17.9. The zero-order chi connectivity index (χ0) is 20.0. The molecule has 0 aliphatic carbocycles. The molecule has 1 aromatic rings. The Bertz CT molecular complexity index is 771. The predicted octanol–water partition coefficient (Wildman–Crippen LogP) is 3.12. The van der Waals surface area contributed by atoms with Crippen LogP contribution >= 0.6 is 11.6 Å². The van der Waals surface area contributed by atoms with Crippen molar-refractivity contribution in [3.05, 3.63) is 28.8 Å². The smallest absolute Gasteiger partial charge is 0.251 e. The lowest BCUT2D eigenvalue weighted by molar-refractivity contribution is 0.0952. The van der Waals surface area contributed by atoms with Crippen molar-refractivity contribution in [1.82, 2.24) is 14.5 Å². The summed E-state index contributed by atoms with van der Waals surface area (Å²) in [5.41, 5.74) is 0.332. The number of carbonyl (C=O) groups excluding carboxylic acids is 1. The lowest BCUT2D eigenvalue weighted by Gasteiger charge is -2.21. The van der Waals surface area contributed by atoms with E-state index in [0.29, 0.717) is 25.2 Å². The molecule has 2 heterocycles. The molecule has 0 saturated carbocycles. The van der Waals surface area contributed by atoms with Crippen LogP contribution in [0.1, 0.15) is 55.3 Å². The van der Waals surface area contributed by atoms with Gasteiger partial charge in [0.2, 0.25) is 10.0 Å². The third-order valence-electron chi connectivity index (χ3n) is 5.51. The van der Waals surface area contributed by atoms with Crippen LogP contribution in [0.5, 0.6) is 0 Å². The SMILES string of the molecule is O=C(NCCCN1CCCC1)c1ccc(Cl)c(S(=O)(=O)N2CCCCCC2)c1. The van der Waals surface area contributed by atoms with Crippen LogP contribution < -0.4 is 5.32 Å². The van der Waals surface area contributed by atoms with Gasteiger partial charge in [-0.05, 0) is 69.9 Å². The van der Waals surface area contributed by atoms with Crippen molar-refractivity contribution in [2.24, 2.45) is 0 Å². The lowest BCUT2D eigenvalue weighted by Crippen LogP contribution is -2.32. The Labute approximate surface area is 173 Å². The van der Waals surface area contributed by atoms with Crippen molar-refractivity contribution in [3.8, 4) is 0 Å². The third kappa shape index (κ3) is 5.47. The molecule has 1 N–H and O–H groups in total. The molecule has 0 atom stereocenters. The van der Waals surface area contributed by atoms with Crippen LogP contribution in [0.3, 0.4) is 0 Å². The highest BCUT2D eigenvalue weighted by Crippen LogP contribution is 2.27. The van der Waals surface area contributed by atoms with Crippen molar-refractivity contribution >= 4 is 27.5 Å². The highest BCUT2D eigenvalue weighted by atomic mass is 35.5. The molecule has 0 bridgehead atoms. The van der Waals surface area contributed by atoms with Crippen LogP contribution in [-0.2, 0) is 10.0 Å². The van der Waals surface area contributed by atoms with Gasteiger partial charge in [-0.25, -0.2) is 8.42 Å². The molecule has 3 rings (SSSR count). The average molecular weight is 428 g/mol. The molecule has 156 valence electrons. The Kier molecular flexibility index (Phi) is 7.74. The number of hydrogen-bond acceptors (Lipinski definition) is 4. The van der Waals surface area contributed by atoms with E-state index in [0.717, 1.165) is 51.7 Å². The Morgan fingerprint density at radius 3 is 2.32 bits per heavy atom. The van der Waals surface area contributed by atoms with Crippen LogP contribution in [0.4, 0.5) is 0 Å². The van der Waals surface area contributed by atoms with Gasteiger partial charge in [0.25, 0.3) is 5.91 Å². The van der Waals surface area contributed by atoms with Crippen LogP contribution in [0, 0.1) is 0 Å². The van der Waals surface area contributed by atoms with Crippen LogP contribution in [0.25, 0.3) is 0 Å². The van der Waals surface area contributed by atoms with Gasteiger partial charge in [-0.15, -0.1) is 0 Å².